The maximum absolute atomic E-state index is 9.45. The van der Waals surface area contributed by atoms with Crippen molar-refractivity contribution >= 4 is 23.0 Å². The zero-order valence-corrected chi connectivity index (χ0v) is 12.8. The molecular formula is C18H13N3S. The van der Waals surface area contributed by atoms with Crippen LogP contribution in [0.15, 0.2) is 54.2 Å². The van der Waals surface area contributed by atoms with Crippen LogP contribution in [-0.2, 0) is 0 Å². The van der Waals surface area contributed by atoms with Gasteiger partial charge < -0.3 is 0 Å². The van der Waals surface area contributed by atoms with Crippen LogP contribution in [0.2, 0.25) is 0 Å². The first kappa shape index (κ1) is 14.2. The Hall–Kier alpha value is -2.77. The van der Waals surface area contributed by atoms with Gasteiger partial charge in [0.1, 0.15) is 11.1 Å². The second-order valence-corrected chi connectivity index (χ2v) is 5.66. The van der Waals surface area contributed by atoms with E-state index < -0.39 is 0 Å². The zero-order valence-electron chi connectivity index (χ0n) is 12.0. The van der Waals surface area contributed by atoms with Gasteiger partial charge in [0, 0.05) is 23.3 Å². The second-order valence-electron chi connectivity index (χ2n) is 4.80. The van der Waals surface area contributed by atoms with E-state index in [0.717, 1.165) is 27.4 Å². The molecule has 0 aliphatic rings. The van der Waals surface area contributed by atoms with E-state index in [9.17, 15) is 5.26 Å². The molecule has 2 heterocycles. The minimum absolute atomic E-state index is 0.583. The van der Waals surface area contributed by atoms with Crippen LogP contribution in [0, 0.1) is 18.3 Å². The monoisotopic (exact) mass is 303 g/mol. The van der Waals surface area contributed by atoms with Gasteiger partial charge in [-0.15, -0.1) is 11.3 Å². The predicted octanol–water partition coefficient (Wildman–Crippen LogP) is 4.58. The van der Waals surface area contributed by atoms with Gasteiger partial charge >= 0.3 is 0 Å². The van der Waals surface area contributed by atoms with Crippen LogP contribution in [0.4, 0.5) is 0 Å². The normalized spacial score (nSPS) is 11.2. The third kappa shape index (κ3) is 2.95. The van der Waals surface area contributed by atoms with Gasteiger partial charge in [-0.2, -0.15) is 5.26 Å². The molecule has 0 bridgehead atoms. The van der Waals surface area contributed by atoms with Crippen molar-refractivity contribution in [3.8, 4) is 17.3 Å². The van der Waals surface area contributed by atoms with Crippen LogP contribution >= 0.6 is 11.3 Å². The van der Waals surface area contributed by atoms with Crippen molar-refractivity contribution in [1.29, 1.82) is 5.26 Å². The maximum atomic E-state index is 9.45. The number of nitriles is 1. The van der Waals surface area contributed by atoms with Crippen molar-refractivity contribution < 1.29 is 0 Å². The fourth-order valence-electron chi connectivity index (χ4n) is 2.10. The molecule has 0 atom stereocenters. The lowest BCUT2D eigenvalue weighted by Crippen LogP contribution is -1.85. The Labute approximate surface area is 133 Å². The van der Waals surface area contributed by atoms with Crippen LogP contribution in [0.1, 0.15) is 16.1 Å². The highest BCUT2D eigenvalue weighted by atomic mass is 32.1. The molecule has 0 aliphatic heterocycles. The lowest BCUT2D eigenvalue weighted by atomic mass is 10.1. The number of aromatic nitrogens is 2. The van der Waals surface area contributed by atoms with Gasteiger partial charge in [0.25, 0.3) is 0 Å². The summed E-state index contributed by atoms with van der Waals surface area (Å²) in [6.45, 7) is 2.03. The van der Waals surface area contributed by atoms with Gasteiger partial charge in [-0.05, 0) is 36.3 Å². The lowest BCUT2D eigenvalue weighted by molar-refractivity contribution is 1.31. The largest absolute Gasteiger partial charge is 0.265 e. The van der Waals surface area contributed by atoms with Gasteiger partial charge in [0.2, 0.25) is 0 Å². The SMILES string of the molecule is Cc1ccccc1/C=C(/C#N)c1nc(-c2ccncc2)cs1. The second kappa shape index (κ2) is 6.33. The van der Waals surface area contributed by atoms with E-state index >= 15 is 0 Å². The van der Waals surface area contributed by atoms with Crippen LogP contribution in [0.3, 0.4) is 0 Å². The third-order valence-electron chi connectivity index (χ3n) is 3.32. The Kier molecular flexibility index (Phi) is 4.08. The minimum atomic E-state index is 0.583. The number of nitrogens with zero attached hydrogens (tertiary/aromatic N) is 3. The van der Waals surface area contributed by atoms with E-state index in [1.807, 2.05) is 54.8 Å². The van der Waals surface area contributed by atoms with Crippen LogP contribution in [-0.4, -0.2) is 9.97 Å². The number of benzene rings is 1. The summed E-state index contributed by atoms with van der Waals surface area (Å²) in [7, 11) is 0. The van der Waals surface area contributed by atoms with Crippen molar-refractivity contribution in [2.75, 3.05) is 0 Å². The predicted molar refractivity (Wildman–Crippen MR) is 90.0 cm³/mol. The Morgan fingerprint density at radius 3 is 2.68 bits per heavy atom. The maximum Gasteiger partial charge on any atom is 0.134 e. The molecule has 0 saturated carbocycles. The highest BCUT2D eigenvalue weighted by Gasteiger charge is 2.09. The summed E-state index contributed by atoms with van der Waals surface area (Å²) in [5.74, 6) is 0. The van der Waals surface area contributed by atoms with Gasteiger partial charge in [-0.1, -0.05) is 24.3 Å². The quantitative estimate of drug-likeness (QED) is 0.665. The van der Waals surface area contributed by atoms with Crippen molar-refractivity contribution in [1.82, 2.24) is 9.97 Å². The smallest absolute Gasteiger partial charge is 0.134 e. The number of allylic oxidation sites excluding steroid dienone is 1. The molecule has 0 aliphatic carbocycles. The molecule has 0 amide bonds. The molecular weight excluding hydrogens is 290 g/mol. The van der Waals surface area contributed by atoms with Crippen LogP contribution in [0.5, 0.6) is 0 Å². The van der Waals surface area contributed by atoms with Gasteiger partial charge in [0.05, 0.1) is 11.3 Å². The van der Waals surface area contributed by atoms with E-state index in [1.165, 1.54) is 11.3 Å². The Morgan fingerprint density at radius 2 is 1.95 bits per heavy atom. The summed E-state index contributed by atoms with van der Waals surface area (Å²) in [6.07, 6.45) is 5.37. The van der Waals surface area contributed by atoms with Gasteiger partial charge in [0.15, 0.2) is 0 Å². The Balaban J connectivity index is 1.98. The molecule has 0 fully saturated rings. The molecule has 0 unspecified atom stereocenters. The van der Waals surface area contributed by atoms with E-state index in [-0.39, 0.29) is 0 Å². The fourth-order valence-corrected chi connectivity index (χ4v) is 2.89. The summed E-state index contributed by atoms with van der Waals surface area (Å²) in [5.41, 5.74) is 4.64. The molecule has 0 N–H and O–H groups in total. The molecule has 2 aromatic heterocycles. The highest BCUT2D eigenvalue weighted by molar-refractivity contribution is 7.11. The van der Waals surface area contributed by atoms with E-state index in [2.05, 4.69) is 16.0 Å². The van der Waals surface area contributed by atoms with Crippen molar-refractivity contribution in [3.63, 3.8) is 0 Å². The van der Waals surface area contributed by atoms with E-state index in [1.54, 1.807) is 12.4 Å². The van der Waals surface area contributed by atoms with Gasteiger partial charge in [-0.25, -0.2) is 4.98 Å². The summed E-state index contributed by atoms with van der Waals surface area (Å²) >= 11 is 1.48. The molecule has 0 radical (unpaired) electrons. The zero-order chi connectivity index (χ0) is 15.4. The molecule has 3 nitrogen and oxygen atoms in total. The van der Waals surface area contributed by atoms with Crippen LogP contribution in [0.25, 0.3) is 22.9 Å². The third-order valence-corrected chi connectivity index (χ3v) is 4.20. The first-order valence-corrected chi connectivity index (χ1v) is 7.69. The minimum Gasteiger partial charge on any atom is -0.265 e. The number of rotatable bonds is 3. The standard InChI is InChI=1S/C18H13N3S/c1-13-4-2-3-5-15(13)10-16(11-19)18-21-17(12-22-18)14-6-8-20-9-7-14/h2-10,12H,1H3/b16-10-. The summed E-state index contributed by atoms with van der Waals surface area (Å²) in [4.78, 5) is 8.58. The average molecular weight is 303 g/mol. The van der Waals surface area contributed by atoms with E-state index in [4.69, 9.17) is 0 Å². The molecule has 1 aromatic carbocycles. The lowest BCUT2D eigenvalue weighted by Gasteiger charge is -2.00. The molecule has 0 saturated heterocycles. The van der Waals surface area contributed by atoms with Crippen molar-refractivity contribution in [2.24, 2.45) is 0 Å². The highest BCUT2D eigenvalue weighted by Crippen LogP contribution is 2.27. The molecule has 106 valence electrons. The molecule has 3 aromatic rings. The number of hydrogen-bond donors (Lipinski definition) is 0. The fraction of sp³-hybridized carbons (Fsp3) is 0.0556. The molecule has 3 rings (SSSR count). The first-order chi connectivity index (χ1) is 10.8. The Bertz CT molecular complexity index is 857. The topological polar surface area (TPSA) is 49.6 Å². The molecule has 0 spiro atoms. The van der Waals surface area contributed by atoms with Crippen LogP contribution < -0.4 is 0 Å². The molecule has 4 heteroatoms. The number of hydrogen-bond acceptors (Lipinski definition) is 4. The Morgan fingerprint density at radius 1 is 1.18 bits per heavy atom. The number of thiazole rings is 1. The summed E-state index contributed by atoms with van der Waals surface area (Å²) in [5, 5.41) is 12.1. The summed E-state index contributed by atoms with van der Waals surface area (Å²) in [6, 6.07) is 14.1. The average Bonchev–Trinajstić information content (AvgIpc) is 3.05. The molecule has 22 heavy (non-hydrogen) atoms. The van der Waals surface area contributed by atoms with Gasteiger partial charge in [-0.3, -0.25) is 4.98 Å². The number of pyridine rings is 1. The first-order valence-electron chi connectivity index (χ1n) is 6.81. The summed E-state index contributed by atoms with van der Waals surface area (Å²) < 4.78 is 0. The van der Waals surface area contributed by atoms with E-state index in [0.29, 0.717) is 5.57 Å². The number of aryl methyl sites for hydroxylation is 1. The van der Waals surface area contributed by atoms with Crippen molar-refractivity contribution in [3.05, 3.63) is 70.3 Å². The van der Waals surface area contributed by atoms with Crippen molar-refractivity contribution in [2.45, 2.75) is 6.92 Å².